The number of nitrogens with zero attached hydrogens (tertiary/aromatic N) is 3. The van der Waals surface area contributed by atoms with Crippen molar-refractivity contribution in [2.24, 2.45) is 4.99 Å². The Morgan fingerprint density at radius 2 is 1.79 bits per heavy atom. The van der Waals surface area contributed by atoms with Crippen LogP contribution in [0.3, 0.4) is 0 Å². The van der Waals surface area contributed by atoms with Gasteiger partial charge in [0.15, 0.2) is 5.69 Å². The summed E-state index contributed by atoms with van der Waals surface area (Å²) < 4.78 is 29.6. The molecule has 34 heavy (non-hydrogen) atoms. The Morgan fingerprint density at radius 3 is 2.56 bits per heavy atom. The van der Waals surface area contributed by atoms with Gasteiger partial charge in [-0.3, -0.25) is 19.3 Å². The molecule has 0 atom stereocenters. The topological polar surface area (TPSA) is 123 Å². The van der Waals surface area contributed by atoms with Crippen LogP contribution < -0.4 is 15.6 Å². The lowest BCUT2D eigenvalue weighted by Gasteiger charge is -2.14. The second-order valence-corrected chi connectivity index (χ2v) is 10.1. The summed E-state index contributed by atoms with van der Waals surface area (Å²) in [7, 11) is -3.85. The van der Waals surface area contributed by atoms with E-state index < -0.39 is 15.9 Å². The number of carbonyl (C=O) groups is 1. The molecule has 9 nitrogen and oxygen atoms in total. The van der Waals surface area contributed by atoms with Crippen molar-refractivity contribution >= 4 is 38.2 Å². The third-order valence-electron chi connectivity index (χ3n) is 5.56. The number of sulfonamides is 1. The minimum Gasteiger partial charge on any atom is -0.321 e. The molecule has 2 aromatic carbocycles. The van der Waals surface area contributed by atoms with Crippen molar-refractivity contribution in [1.29, 1.82) is 0 Å². The van der Waals surface area contributed by atoms with Gasteiger partial charge >= 0.3 is 0 Å². The Morgan fingerprint density at radius 1 is 1.03 bits per heavy atom. The number of hydrogen-bond acceptors (Lipinski definition) is 6. The van der Waals surface area contributed by atoms with Gasteiger partial charge in [-0.05, 0) is 51.0 Å². The molecule has 2 heterocycles. The number of carbonyl (C=O) groups excluding carboxylic acids is 1. The van der Waals surface area contributed by atoms with Crippen LogP contribution >= 0.6 is 0 Å². The Bertz CT molecular complexity index is 1430. The molecule has 0 bridgehead atoms. The number of amidine groups is 1. The first-order chi connectivity index (χ1) is 16.3. The van der Waals surface area contributed by atoms with Crippen LogP contribution in [0.25, 0.3) is 10.8 Å². The predicted octanol–water partition coefficient (Wildman–Crippen LogP) is 3.48. The molecule has 1 aromatic heterocycles. The van der Waals surface area contributed by atoms with Crippen LogP contribution in [0.5, 0.6) is 0 Å². The van der Waals surface area contributed by atoms with Crippen LogP contribution in [0.1, 0.15) is 56.1 Å². The molecule has 0 spiro atoms. The van der Waals surface area contributed by atoms with E-state index in [4.69, 9.17) is 0 Å². The summed E-state index contributed by atoms with van der Waals surface area (Å²) in [6, 6.07) is 12.5. The van der Waals surface area contributed by atoms with E-state index in [0.29, 0.717) is 35.3 Å². The van der Waals surface area contributed by atoms with Gasteiger partial charge < -0.3 is 5.32 Å². The molecule has 1 aliphatic rings. The maximum absolute atomic E-state index is 13.2. The van der Waals surface area contributed by atoms with Crippen molar-refractivity contribution in [3.63, 3.8) is 0 Å². The Labute approximate surface area is 198 Å². The SMILES string of the molecule is CC(C)n1nc(C(=O)Nc2cccc(S(=O)(=O)NC3=NCCCCC3)c2)c2ccccc2c1=O. The van der Waals surface area contributed by atoms with E-state index in [1.54, 1.807) is 36.4 Å². The molecule has 1 aliphatic heterocycles. The molecule has 1 amide bonds. The average Bonchev–Trinajstić information content (AvgIpc) is 3.07. The van der Waals surface area contributed by atoms with Crippen LogP contribution in [-0.4, -0.2) is 36.5 Å². The summed E-state index contributed by atoms with van der Waals surface area (Å²) in [5.74, 6) is -0.0835. The van der Waals surface area contributed by atoms with E-state index in [1.807, 2.05) is 13.8 Å². The van der Waals surface area contributed by atoms with Crippen molar-refractivity contribution in [2.45, 2.75) is 50.5 Å². The first-order valence-corrected chi connectivity index (χ1v) is 12.7. The van der Waals surface area contributed by atoms with Gasteiger partial charge in [0.05, 0.1) is 16.3 Å². The van der Waals surface area contributed by atoms with Crippen LogP contribution in [0.4, 0.5) is 5.69 Å². The quantitative estimate of drug-likeness (QED) is 0.578. The summed E-state index contributed by atoms with van der Waals surface area (Å²) in [5.41, 5.74) is 0.106. The van der Waals surface area contributed by atoms with Gasteiger partial charge in [-0.2, -0.15) is 5.10 Å². The van der Waals surface area contributed by atoms with E-state index in [2.05, 4.69) is 20.1 Å². The maximum atomic E-state index is 13.2. The normalized spacial score (nSPS) is 14.5. The molecule has 178 valence electrons. The zero-order valence-electron chi connectivity index (χ0n) is 19.1. The number of hydrogen-bond donors (Lipinski definition) is 2. The monoisotopic (exact) mass is 481 g/mol. The lowest BCUT2D eigenvalue weighted by Crippen LogP contribution is -2.30. The number of rotatable bonds is 5. The molecule has 2 N–H and O–H groups in total. The predicted molar refractivity (Wildman–Crippen MR) is 132 cm³/mol. The maximum Gasteiger partial charge on any atom is 0.276 e. The third-order valence-corrected chi connectivity index (χ3v) is 6.94. The number of nitrogens with one attached hydrogen (secondary N) is 2. The van der Waals surface area contributed by atoms with Crippen LogP contribution in [-0.2, 0) is 10.0 Å². The summed E-state index contributed by atoms with van der Waals surface area (Å²) in [4.78, 5) is 30.2. The fourth-order valence-corrected chi connectivity index (χ4v) is 4.96. The first kappa shape index (κ1) is 23.6. The second kappa shape index (κ2) is 9.76. The molecule has 0 radical (unpaired) electrons. The zero-order chi connectivity index (χ0) is 24.3. The molecule has 4 rings (SSSR count). The number of amides is 1. The van der Waals surface area contributed by atoms with Crippen LogP contribution in [0, 0.1) is 0 Å². The van der Waals surface area contributed by atoms with Gasteiger partial charge in [0, 0.05) is 24.0 Å². The lowest BCUT2D eigenvalue weighted by atomic mass is 10.1. The second-order valence-electron chi connectivity index (χ2n) is 8.46. The Kier molecular flexibility index (Phi) is 6.78. The van der Waals surface area contributed by atoms with E-state index in [-0.39, 0.29) is 22.2 Å². The molecule has 0 saturated carbocycles. The average molecular weight is 482 g/mol. The molecule has 0 aliphatic carbocycles. The largest absolute Gasteiger partial charge is 0.321 e. The molecular formula is C24H27N5O4S. The van der Waals surface area contributed by atoms with Crippen LogP contribution in [0.2, 0.25) is 0 Å². The van der Waals surface area contributed by atoms with Gasteiger partial charge in [-0.25, -0.2) is 13.1 Å². The smallest absolute Gasteiger partial charge is 0.276 e. The lowest BCUT2D eigenvalue weighted by molar-refractivity contribution is 0.102. The standard InChI is InChI=1S/C24H27N5O4S/c1-16(2)29-24(31)20-12-6-5-11-19(20)22(27-29)23(30)26-17-9-8-10-18(15-17)34(32,33)28-21-13-4-3-7-14-25-21/h5-6,8-12,15-16H,3-4,7,13-14H2,1-2H3,(H,25,28)(H,26,30). The molecule has 0 fully saturated rings. The first-order valence-electron chi connectivity index (χ1n) is 11.3. The summed E-state index contributed by atoms with van der Waals surface area (Å²) in [5, 5.41) is 7.84. The number of aromatic nitrogens is 2. The van der Waals surface area contributed by atoms with Crippen molar-refractivity contribution in [1.82, 2.24) is 14.5 Å². The van der Waals surface area contributed by atoms with Gasteiger partial charge in [-0.15, -0.1) is 0 Å². The fraction of sp³-hybridized carbons (Fsp3) is 0.333. The number of aliphatic imine (C=N–C) groups is 1. The minimum atomic E-state index is -3.85. The summed E-state index contributed by atoms with van der Waals surface area (Å²) >= 11 is 0. The highest BCUT2D eigenvalue weighted by molar-refractivity contribution is 7.90. The van der Waals surface area contributed by atoms with Crippen molar-refractivity contribution in [3.8, 4) is 0 Å². The minimum absolute atomic E-state index is 0.0159. The van der Waals surface area contributed by atoms with Gasteiger partial charge in [0.25, 0.3) is 21.5 Å². The zero-order valence-corrected chi connectivity index (χ0v) is 19.9. The highest BCUT2D eigenvalue weighted by Gasteiger charge is 2.20. The van der Waals surface area contributed by atoms with E-state index in [9.17, 15) is 18.0 Å². The fourth-order valence-electron chi connectivity index (χ4n) is 3.83. The highest BCUT2D eigenvalue weighted by Crippen LogP contribution is 2.20. The van der Waals surface area contributed by atoms with E-state index >= 15 is 0 Å². The van der Waals surface area contributed by atoms with E-state index in [1.165, 1.54) is 16.8 Å². The van der Waals surface area contributed by atoms with Gasteiger partial charge in [-0.1, -0.05) is 30.7 Å². The van der Waals surface area contributed by atoms with E-state index in [0.717, 1.165) is 19.3 Å². The molecule has 0 saturated heterocycles. The molecule has 10 heteroatoms. The van der Waals surface area contributed by atoms with Gasteiger partial charge in [0.2, 0.25) is 0 Å². The summed E-state index contributed by atoms with van der Waals surface area (Å²) in [6.45, 7) is 4.23. The number of benzene rings is 2. The third kappa shape index (κ3) is 5.01. The highest BCUT2D eigenvalue weighted by atomic mass is 32.2. The van der Waals surface area contributed by atoms with Crippen molar-refractivity contribution in [3.05, 3.63) is 64.6 Å². The molecule has 0 unspecified atom stereocenters. The van der Waals surface area contributed by atoms with Crippen molar-refractivity contribution in [2.75, 3.05) is 11.9 Å². The van der Waals surface area contributed by atoms with Crippen molar-refractivity contribution < 1.29 is 13.2 Å². The summed E-state index contributed by atoms with van der Waals surface area (Å²) in [6.07, 6.45) is 3.43. The number of fused-ring (bicyclic) bond motifs is 1. The van der Waals surface area contributed by atoms with Gasteiger partial charge in [0.1, 0.15) is 5.84 Å². The number of anilines is 1. The Balaban J connectivity index is 1.63. The van der Waals surface area contributed by atoms with Crippen LogP contribution in [0.15, 0.2) is 63.2 Å². The molecular weight excluding hydrogens is 454 g/mol. The Hall–Kier alpha value is -3.53. The molecule has 3 aromatic rings.